The zero-order valence-electron chi connectivity index (χ0n) is 16.2. The Morgan fingerprint density at radius 2 is 2.00 bits per heavy atom. The Bertz CT molecular complexity index is 746. The molecule has 0 aliphatic carbocycles. The molecular weight excluding hydrogens is 338 g/mol. The summed E-state index contributed by atoms with van der Waals surface area (Å²) in [5, 5.41) is 9.77. The third-order valence-electron chi connectivity index (χ3n) is 5.63. The van der Waals surface area contributed by atoms with Gasteiger partial charge in [-0.2, -0.15) is 0 Å². The second kappa shape index (κ2) is 9.05. The monoisotopic (exact) mass is 367 g/mol. The number of esters is 1. The first-order valence-corrected chi connectivity index (χ1v) is 9.70. The topological polar surface area (TPSA) is 49.8 Å². The average molecular weight is 367 g/mol. The van der Waals surface area contributed by atoms with Crippen molar-refractivity contribution >= 4 is 5.97 Å². The molecule has 144 valence electrons. The molecule has 1 aliphatic heterocycles. The summed E-state index contributed by atoms with van der Waals surface area (Å²) < 4.78 is 5.06. The summed E-state index contributed by atoms with van der Waals surface area (Å²) >= 11 is 0. The predicted octanol–water partition coefficient (Wildman–Crippen LogP) is 3.85. The van der Waals surface area contributed by atoms with Crippen molar-refractivity contribution in [1.82, 2.24) is 4.90 Å². The highest BCUT2D eigenvalue weighted by Crippen LogP contribution is 2.34. The molecule has 0 amide bonds. The minimum atomic E-state index is -0.151. The van der Waals surface area contributed by atoms with Crippen molar-refractivity contribution in [2.75, 3.05) is 26.7 Å². The summed E-state index contributed by atoms with van der Waals surface area (Å²) in [4.78, 5) is 14.7. The molecule has 2 aromatic carbocycles. The van der Waals surface area contributed by atoms with Crippen LogP contribution in [0.25, 0.3) is 0 Å². The molecule has 4 nitrogen and oxygen atoms in total. The van der Waals surface area contributed by atoms with Crippen LogP contribution in [0.4, 0.5) is 0 Å². The van der Waals surface area contributed by atoms with Gasteiger partial charge in [-0.3, -0.25) is 4.79 Å². The van der Waals surface area contributed by atoms with Crippen LogP contribution in [-0.4, -0.2) is 42.7 Å². The maximum Gasteiger partial charge on any atom is 0.310 e. The van der Waals surface area contributed by atoms with Gasteiger partial charge in [0.1, 0.15) is 5.75 Å². The molecule has 1 heterocycles. The zero-order valence-corrected chi connectivity index (χ0v) is 16.2. The number of hydrogen-bond donors (Lipinski definition) is 1. The molecule has 0 aromatic heterocycles. The lowest BCUT2D eigenvalue weighted by atomic mass is 9.81. The predicted molar refractivity (Wildman–Crippen MR) is 107 cm³/mol. The van der Waals surface area contributed by atoms with Gasteiger partial charge in [-0.1, -0.05) is 49.4 Å². The molecule has 1 fully saturated rings. The van der Waals surface area contributed by atoms with Crippen molar-refractivity contribution in [1.29, 1.82) is 0 Å². The van der Waals surface area contributed by atoms with Gasteiger partial charge in [-0.05, 0) is 54.5 Å². The molecule has 27 heavy (non-hydrogen) atoms. The number of phenols is 1. The lowest BCUT2D eigenvalue weighted by Crippen LogP contribution is -2.43. The molecular formula is C23H29NO3. The minimum absolute atomic E-state index is 0.137. The van der Waals surface area contributed by atoms with Crippen molar-refractivity contribution in [2.45, 2.75) is 25.7 Å². The molecule has 3 atom stereocenters. The molecule has 0 saturated carbocycles. The second-order valence-corrected chi connectivity index (χ2v) is 7.64. The van der Waals surface area contributed by atoms with E-state index < -0.39 is 0 Å². The first-order valence-electron chi connectivity index (χ1n) is 9.70. The Morgan fingerprint density at radius 1 is 1.22 bits per heavy atom. The number of piperidine rings is 1. The Labute approximate surface area is 161 Å². The van der Waals surface area contributed by atoms with Crippen molar-refractivity contribution < 1.29 is 14.6 Å². The molecule has 0 spiro atoms. The van der Waals surface area contributed by atoms with Gasteiger partial charge in [0.15, 0.2) is 0 Å². The number of likely N-dealkylation sites (tertiary alicyclic amines) is 1. The Kier molecular flexibility index (Phi) is 6.51. The highest BCUT2D eigenvalue weighted by atomic mass is 16.5. The summed E-state index contributed by atoms with van der Waals surface area (Å²) in [5.41, 5.74) is 2.37. The van der Waals surface area contributed by atoms with Gasteiger partial charge in [-0.15, -0.1) is 0 Å². The number of carbonyl (C=O) groups excluding carboxylic acids is 1. The third kappa shape index (κ3) is 5.10. The summed E-state index contributed by atoms with van der Waals surface area (Å²) in [7, 11) is 1.47. The summed E-state index contributed by atoms with van der Waals surface area (Å²) in [5.74, 6) is 0.953. The number of methoxy groups -OCH3 is 1. The largest absolute Gasteiger partial charge is 0.508 e. The average Bonchev–Trinajstić information content (AvgIpc) is 2.68. The summed E-state index contributed by atoms with van der Waals surface area (Å²) in [6, 6.07) is 17.7. The fourth-order valence-electron chi connectivity index (χ4n) is 4.25. The highest BCUT2D eigenvalue weighted by Gasteiger charge is 2.30. The lowest BCUT2D eigenvalue weighted by molar-refractivity contribution is -0.146. The summed E-state index contributed by atoms with van der Waals surface area (Å²) in [6.07, 6.45) is 1.73. The van der Waals surface area contributed by atoms with Crippen molar-refractivity contribution in [3.63, 3.8) is 0 Å². The number of aromatic hydroxyl groups is 1. The smallest absolute Gasteiger partial charge is 0.310 e. The minimum Gasteiger partial charge on any atom is -0.508 e. The normalized spacial score (nSPS) is 21.6. The van der Waals surface area contributed by atoms with E-state index in [-0.39, 0.29) is 11.9 Å². The Hall–Kier alpha value is -2.33. The van der Waals surface area contributed by atoms with Gasteiger partial charge >= 0.3 is 5.97 Å². The number of nitrogens with zero attached hydrogens (tertiary/aromatic N) is 1. The van der Waals surface area contributed by atoms with Gasteiger partial charge < -0.3 is 14.7 Å². The van der Waals surface area contributed by atoms with Gasteiger partial charge in [-0.25, -0.2) is 0 Å². The van der Waals surface area contributed by atoms with E-state index in [1.807, 2.05) is 30.3 Å². The number of carbonyl (C=O) groups is 1. The molecule has 1 saturated heterocycles. The SMILES string of the molecule is COC(=O)C(Cc1ccccc1)CN1CCC(c2cccc(O)c2)C(C)C1. The maximum absolute atomic E-state index is 12.3. The van der Waals surface area contributed by atoms with Crippen LogP contribution in [0.2, 0.25) is 0 Å². The van der Waals surface area contributed by atoms with Crippen LogP contribution in [0.3, 0.4) is 0 Å². The van der Waals surface area contributed by atoms with E-state index in [4.69, 9.17) is 4.74 Å². The van der Waals surface area contributed by atoms with Crippen LogP contribution >= 0.6 is 0 Å². The third-order valence-corrected chi connectivity index (χ3v) is 5.63. The van der Waals surface area contributed by atoms with Crippen LogP contribution in [-0.2, 0) is 16.0 Å². The maximum atomic E-state index is 12.3. The fraction of sp³-hybridized carbons (Fsp3) is 0.435. The molecule has 1 N–H and O–H groups in total. The summed E-state index contributed by atoms with van der Waals surface area (Å²) in [6.45, 7) is 4.87. The van der Waals surface area contributed by atoms with Crippen molar-refractivity contribution in [2.24, 2.45) is 11.8 Å². The van der Waals surface area contributed by atoms with Gasteiger partial charge in [0.05, 0.1) is 13.0 Å². The lowest BCUT2D eigenvalue weighted by Gasteiger charge is -2.38. The van der Waals surface area contributed by atoms with Crippen molar-refractivity contribution in [3.05, 3.63) is 65.7 Å². The van der Waals surface area contributed by atoms with E-state index in [1.165, 1.54) is 12.7 Å². The van der Waals surface area contributed by atoms with Crippen molar-refractivity contribution in [3.8, 4) is 5.75 Å². The molecule has 0 radical (unpaired) electrons. The molecule has 3 unspecified atom stereocenters. The molecule has 2 aromatic rings. The van der Waals surface area contributed by atoms with E-state index in [0.717, 1.165) is 31.6 Å². The van der Waals surface area contributed by atoms with E-state index in [1.54, 1.807) is 6.07 Å². The molecule has 4 heteroatoms. The number of hydrogen-bond acceptors (Lipinski definition) is 4. The number of benzene rings is 2. The van der Waals surface area contributed by atoms with E-state index in [0.29, 0.717) is 24.0 Å². The van der Waals surface area contributed by atoms with Gasteiger partial charge in [0.25, 0.3) is 0 Å². The Balaban J connectivity index is 1.63. The van der Waals surface area contributed by atoms with E-state index >= 15 is 0 Å². The second-order valence-electron chi connectivity index (χ2n) is 7.64. The zero-order chi connectivity index (χ0) is 19.2. The van der Waals surface area contributed by atoms with E-state index in [2.05, 4.69) is 30.0 Å². The van der Waals surface area contributed by atoms with Crippen LogP contribution < -0.4 is 0 Å². The molecule has 3 rings (SSSR count). The van der Waals surface area contributed by atoms with E-state index in [9.17, 15) is 9.90 Å². The molecule has 0 bridgehead atoms. The van der Waals surface area contributed by atoms with Gasteiger partial charge in [0, 0.05) is 13.1 Å². The Morgan fingerprint density at radius 3 is 2.67 bits per heavy atom. The first kappa shape index (κ1) is 19.4. The fourth-order valence-corrected chi connectivity index (χ4v) is 4.25. The number of rotatable bonds is 6. The van der Waals surface area contributed by atoms with Crippen LogP contribution in [0.1, 0.15) is 30.4 Å². The highest BCUT2D eigenvalue weighted by molar-refractivity contribution is 5.73. The molecule has 1 aliphatic rings. The van der Waals surface area contributed by atoms with Gasteiger partial charge in [0.2, 0.25) is 0 Å². The van der Waals surface area contributed by atoms with Crippen LogP contribution in [0.5, 0.6) is 5.75 Å². The quantitative estimate of drug-likeness (QED) is 0.788. The number of phenolic OH excluding ortho intramolecular Hbond substituents is 1. The number of ether oxygens (including phenoxy) is 1. The van der Waals surface area contributed by atoms with Crippen LogP contribution in [0, 0.1) is 11.8 Å². The first-order chi connectivity index (χ1) is 13.1. The van der Waals surface area contributed by atoms with Crippen LogP contribution in [0.15, 0.2) is 54.6 Å². The standard InChI is InChI=1S/C23H29NO3/c1-17-15-24(12-11-22(17)19-9-6-10-21(25)14-19)16-20(23(26)27-2)13-18-7-4-3-5-8-18/h3-10,14,17,20,22,25H,11-13,15-16H2,1-2H3.